The van der Waals surface area contributed by atoms with E-state index in [1.807, 2.05) is 30.3 Å². The Labute approximate surface area is 162 Å². The number of nitrogens with one attached hydrogen (secondary N) is 1. The molecule has 1 unspecified atom stereocenters. The number of aliphatic hydroxyl groups excluding tert-OH is 1. The van der Waals surface area contributed by atoms with Crippen LogP contribution in [0.3, 0.4) is 0 Å². The fourth-order valence-corrected chi connectivity index (χ4v) is 3.68. The van der Waals surface area contributed by atoms with Crippen molar-refractivity contribution in [2.45, 2.75) is 24.8 Å². The lowest BCUT2D eigenvalue weighted by Crippen LogP contribution is -2.23. The second kappa shape index (κ2) is 6.74. The summed E-state index contributed by atoms with van der Waals surface area (Å²) in [4.78, 5) is 27.7. The molecule has 1 fully saturated rings. The van der Waals surface area contributed by atoms with Gasteiger partial charge in [-0.25, -0.2) is 9.38 Å². The second-order valence-corrected chi connectivity index (χ2v) is 6.79. The Morgan fingerprint density at radius 2 is 2.21 bits per heavy atom. The summed E-state index contributed by atoms with van der Waals surface area (Å²) in [7, 11) is 0. The van der Waals surface area contributed by atoms with Gasteiger partial charge in [0.25, 0.3) is 5.56 Å². The van der Waals surface area contributed by atoms with Crippen LogP contribution in [0.25, 0.3) is 38.6 Å². The summed E-state index contributed by atoms with van der Waals surface area (Å²) in [6.07, 6.45) is 2.36. The summed E-state index contributed by atoms with van der Waals surface area (Å²) in [5.74, 6) is 0.381. The van der Waals surface area contributed by atoms with E-state index in [4.69, 9.17) is 10.3 Å². The van der Waals surface area contributed by atoms with Crippen LogP contribution in [-0.2, 0) is 4.74 Å². The molecule has 1 aromatic carbocycles. The number of aromatic nitrogens is 5. The zero-order valence-corrected chi connectivity index (χ0v) is 15.1. The topological polar surface area (TPSA) is 146 Å². The van der Waals surface area contributed by atoms with E-state index < -0.39 is 18.4 Å². The lowest BCUT2D eigenvalue weighted by molar-refractivity contribution is -0.0232. The molecule has 29 heavy (non-hydrogen) atoms. The van der Waals surface area contributed by atoms with Crippen molar-refractivity contribution in [2.75, 3.05) is 6.61 Å². The molecule has 3 aromatic heterocycles. The number of ether oxygens (including phenoxy) is 1. The first-order chi connectivity index (χ1) is 14.2. The van der Waals surface area contributed by atoms with Crippen molar-refractivity contribution in [1.82, 2.24) is 23.9 Å². The van der Waals surface area contributed by atoms with E-state index in [0.717, 1.165) is 11.3 Å². The van der Waals surface area contributed by atoms with Gasteiger partial charge in [-0.1, -0.05) is 35.4 Å². The molecule has 11 heteroatoms. The van der Waals surface area contributed by atoms with Gasteiger partial charge in [0.15, 0.2) is 11.2 Å². The quantitative estimate of drug-likeness (QED) is 0.310. The first-order valence-corrected chi connectivity index (χ1v) is 9.03. The van der Waals surface area contributed by atoms with Gasteiger partial charge in [0.1, 0.15) is 6.23 Å². The van der Waals surface area contributed by atoms with Gasteiger partial charge >= 0.3 is 0 Å². The Balaban J connectivity index is 1.61. The average molecular weight is 392 g/mol. The fourth-order valence-electron chi connectivity index (χ4n) is 3.68. The van der Waals surface area contributed by atoms with Crippen molar-refractivity contribution in [1.29, 1.82) is 0 Å². The lowest BCUT2D eigenvalue weighted by Gasteiger charge is -2.13. The first-order valence-electron chi connectivity index (χ1n) is 9.03. The van der Waals surface area contributed by atoms with E-state index in [1.165, 1.54) is 10.7 Å². The Hall–Kier alpha value is -3.66. The van der Waals surface area contributed by atoms with Crippen molar-refractivity contribution < 1.29 is 9.84 Å². The van der Waals surface area contributed by atoms with Crippen LogP contribution in [0.2, 0.25) is 0 Å². The molecule has 11 nitrogen and oxygen atoms in total. The molecule has 0 amide bonds. The van der Waals surface area contributed by atoms with Gasteiger partial charge < -0.3 is 14.8 Å². The lowest BCUT2D eigenvalue weighted by atomic mass is 10.1. The van der Waals surface area contributed by atoms with E-state index in [-0.39, 0.29) is 17.7 Å². The molecule has 0 spiro atoms. The van der Waals surface area contributed by atoms with Gasteiger partial charge in [-0.3, -0.25) is 9.36 Å². The molecule has 0 aliphatic carbocycles. The maximum Gasteiger partial charge on any atom is 0.287 e. The number of H-pyrrole nitrogens is 1. The van der Waals surface area contributed by atoms with Crippen LogP contribution in [0.15, 0.2) is 52.8 Å². The minimum atomic E-state index is -0.617. The summed E-state index contributed by atoms with van der Waals surface area (Å²) >= 11 is 0. The number of hydrogen-bond acceptors (Lipinski definition) is 6. The number of nitrogens with zero attached hydrogens (tertiary/aromatic N) is 7. The van der Waals surface area contributed by atoms with E-state index in [0.29, 0.717) is 17.8 Å². The third-order valence-corrected chi connectivity index (χ3v) is 5.11. The van der Waals surface area contributed by atoms with E-state index >= 15 is 0 Å². The van der Waals surface area contributed by atoms with Gasteiger partial charge in [0, 0.05) is 17.5 Å². The second-order valence-electron chi connectivity index (χ2n) is 6.79. The molecule has 0 bridgehead atoms. The summed E-state index contributed by atoms with van der Waals surface area (Å²) in [6.45, 7) is -0.274. The van der Waals surface area contributed by atoms with Gasteiger partial charge in [-0.15, -0.1) is 0 Å². The molecule has 3 atom stereocenters. The maximum absolute atomic E-state index is 12.9. The minimum Gasteiger partial charge on any atom is -0.394 e. The van der Waals surface area contributed by atoms with Crippen molar-refractivity contribution in [2.24, 2.45) is 5.11 Å². The average Bonchev–Trinajstić information content (AvgIpc) is 3.45. The van der Waals surface area contributed by atoms with E-state index in [9.17, 15) is 9.90 Å². The van der Waals surface area contributed by atoms with Crippen LogP contribution in [0.1, 0.15) is 12.6 Å². The van der Waals surface area contributed by atoms with Crippen molar-refractivity contribution in [3.05, 3.63) is 63.7 Å². The molecule has 4 aromatic rings. The molecule has 1 aliphatic heterocycles. The van der Waals surface area contributed by atoms with Gasteiger partial charge in [-0.2, -0.15) is 4.98 Å². The van der Waals surface area contributed by atoms with Crippen LogP contribution < -0.4 is 5.56 Å². The third kappa shape index (κ3) is 2.76. The Morgan fingerprint density at radius 1 is 1.38 bits per heavy atom. The molecular formula is C18H16N8O3. The van der Waals surface area contributed by atoms with Gasteiger partial charge in [-0.05, 0) is 11.1 Å². The SMILES string of the molecule is [N-]=[N+]=NC1C[C@H](n2cnc3c(=O)n4cc(-c5ccccc5)[nH]c4nc32)O[C@@H]1CO. The van der Waals surface area contributed by atoms with E-state index in [2.05, 4.69) is 25.0 Å². The summed E-state index contributed by atoms with van der Waals surface area (Å²) < 4.78 is 8.87. The molecule has 4 heterocycles. The van der Waals surface area contributed by atoms with Gasteiger partial charge in [0.2, 0.25) is 5.78 Å². The number of aliphatic hydroxyl groups is 1. The summed E-state index contributed by atoms with van der Waals surface area (Å²) in [6, 6.07) is 9.11. The molecule has 0 saturated carbocycles. The molecule has 1 saturated heterocycles. The highest BCUT2D eigenvalue weighted by molar-refractivity contribution is 5.73. The number of azide groups is 1. The molecule has 2 N–H and O–H groups in total. The highest BCUT2D eigenvalue weighted by atomic mass is 16.5. The highest BCUT2D eigenvalue weighted by Gasteiger charge is 2.36. The Bertz CT molecular complexity index is 1300. The molecule has 5 rings (SSSR count). The predicted octanol–water partition coefficient (Wildman–Crippen LogP) is 2.00. The fraction of sp³-hybridized carbons (Fsp3) is 0.278. The van der Waals surface area contributed by atoms with Crippen molar-refractivity contribution in [3.63, 3.8) is 0 Å². The highest BCUT2D eigenvalue weighted by Crippen LogP contribution is 2.32. The van der Waals surface area contributed by atoms with Crippen LogP contribution in [-0.4, -0.2) is 47.8 Å². The summed E-state index contributed by atoms with van der Waals surface area (Å²) in [5, 5.41) is 13.2. The van der Waals surface area contributed by atoms with Crippen LogP contribution in [0, 0.1) is 0 Å². The Morgan fingerprint density at radius 3 is 2.97 bits per heavy atom. The Kier molecular flexibility index (Phi) is 4.06. The smallest absolute Gasteiger partial charge is 0.287 e. The normalized spacial score (nSPS) is 21.6. The number of hydrogen-bond donors (Lipinski definition) is 2. The number of imidazole rings is 2. The van der Waals surface area contributed by atoms with Crippen molar-refractivity contribution in [3.8, 4) is 11.3 Å². The van der Waals surface area contributed by atoms with Gasteiger partial charge in [0.05, 0.1) is 30.8 Å². The van der Waals surface area contributed by atoms with E-state index in [1.54, 1.807) is 10.8 Å². The molecular weight excluding hydrogens is 376 g/mol. The monoisotopic (exact) mass is 392 g/mol. The standard InChI is InChI=1S/C18H16N8O3/c19-24-23-11-6-14(29-13(11)8-27)26-9-20-15-16(26)22-18-21-12(7-25(18)17(15)28)10-4-2-1-3-5-10/h1-5,7,9,11,13-14,27H,6,8H2,(H,21,22)/t11?,13-,14-/m1/s1. The zero-order valence-electron chi connectivity index (χ0n) is 15.1. The minimum absolute atomic E-state index is 0.206. The van der Waals surface area contributed by atoms with Crippen LogP contribution in [0.4, 0.5) is 0 Å². The predicted molar refractivity (Wildman–Crippen MR) is 103 cm³/mol. The maximum atomic E-state index is 12.9. The number of fused-ring (bicyclic) bond motifs is 2. The number of aromatic amines is 1. The number of rotatable bonds is 4. The van der Waals surface area contributed by atoms with Crippen molar-refractivity contribution >= 4 is 16.9 Å². The van der Waals surface area contributed by atoms with Crippen LogP contribution >= 0.6 is 0 Å². The molecule has 0 radical (unpaired) electrons. The first kappa shape index (κ1) is 17.4. The molecule has 146 valence electrons. The summed E-state index contributed by atoms with van der Waals surface area (Å²) in [5.41, 5.74) is 10.7. The zero-order chi connectivity index (χ0) is 20.0. The number of benzene rings is 1. The van der Waals surface area contributed by atoms with Crippen LogP contribution in [0.5, 0.6) is 0 Å². The molecule has 1 aliphatic rings. The largest absolute Gasteiger partial charge is 0.394 e. The third-order valence-electron chi connectivity index (χ3n) is 5.11.